The summed E-state index contributed by atoms with van der Waals surface area (Å²) in [5.41, 5.74) is -0.634. The summed E-state index contributed by atoms with van der Waals surface area (Å²) in [7, 11) is 0. The Morgan fingerprint density at radius 1 is 1.04 bits per heavy atom. The molecule has 0 bridgehead atoms. The van der Waals surface area contributed by atoms with E-state index in [1.54, 1.807) is 30.3 Å². The van der Waals surface area contributed by atoms with Crippen molar-refractivity contribution >= 4 is 11.8 Å². The van der Waals surface area contributed by atoms with Crippen molar-refractivity contribution in [1.29, 1.82) is 0 Å². The normalized spacial score (nSPS) is 15.0. The van der Waals surface area contributed by atoms with Gasteiger partial charge in [-0.1, -0.05) is 18.2 Å². The second-order valence-electron chi connectivity index (χ2n) is 5.62. The van der Waals surface area contributed by atoms with Gasteiger partial charge in [-0.25, -0.2) is 4.39 Å². The number of benzene rings is 1. The molecular formula is C17H17FN2O3. The lowest BCUT2D eigenvalue weighted by atomic mass is 10.0. The molecule has 1 aromatic heterocycles. The first-order valence-corrected chi connectivity index (χ1v) is 7.44. The fraction of sp³-hybridized carbons (Fsp3) is 0.294. The Kier molecular flexibility index (Phi) is 4.14. The van der Waals surface area contributed by atoms with Gasteiger partial charge >= 0.3 is 0 Å². The lowest BCUT2D eigenvalue weighted by Crippen LogP contribution is -2.42. The van der Waals surface area contributed by atoms with Gasteiger partial charge in [-0.15, -0.1) is 0 Å². The maximum Gasteiger partial charge on any atom is 0.236 e. The monoisotopic (exact) mass is 316 g/mol. The molecule has 23 heavy (non-hydrogen) atoms. The third-order valence-electron chi connectivity index (χ3n) is 4.02. The third kappa shape index (κ3) is 3.26. The second kappa shape index (κ2) is 6.24. The first kappa shape index (κ1) is 15.3. The number of hydrogen-bond donors (Lipinski definition) is 2. The first-order chi connectivity index (χ1) is 11.1. The topological polar surface area (TPSA) is 71.3 Å². The Morgan fingerprint density at radius 2 is 1.74 bits per heavy atom. The molecule has 1 aliphatic carbocycles. The zero-order valence-corrected chi connectivity index (χ0v) is 12.5. The molecule has 0 spiro atoms. The molecular weight excluding hydrogens is 299 g/mol. The second-order valence-corrected chi connectivity index (χ2v) is 5.62. The Balaban J connectivity index is 1.55. The van der Waals surface area contributed by atoms with E-state index in [4.69, 9.17) is 4.42 Å². The van der Waals surface area contributed by atoms with Crippen molar-refractivity contribution in [2.24, 2.45) is 5.41 Å². The van der Waals surface area contributed by atoms with Gasteiger partial charge in [0.25, 0.3) is 0 Å². The number of amides is 2. The van der Waals surface area contributed by atoms with E-state index in [0.717, 1.165) is 0 Å². The molecule has 0 radical (unpaired) electrons. The van der Waals surface area contributed by atoms with Gasteiger partial charge in [-0.3, -0.25) is 9.59 Å². The largest absolute Gasteiger partial charge is 0.467 e. The molecule has 120 valence electrons. The van der Waals surface area contributed by atoms with E-state index >= 15 is 0 Å². The van der Waals surface area contributed by atoms with Crippen LogP contribution in [0.3, 0.4) is 0 Å². The van der Waals surface area contributed by atoms with Crippen molar-refractivity contribution in [3.8, 4) is 0 Å². The Hall–Kier alpha value is -2.63. The highest BCUT2D eigenvalue weighted by atomic mass is 19.1. The van der Waals surface area contributed by atoms with Gasteiger partial charge < -0.3 is 15.1 Å². The SMILES string of the molecule is O=C(NCc1ccco1)C1(C(=O)NCc2ccccc2F)CC1. The summed E-state index contributed by atoms with van der Waals surface area (Å²) < 4.78 is 18.7. The molecule has 1 heterocycles. The molecule has 3 rings (SSSR count). The van der Waals surface area contributed by atoms with Crippen LogP contribution in [0.25, 0.3) is 0 Å². The number of carbonyl (C=O) groups excluding carboxylic acids is 2. The molecule has 2 aromatic rings. The van der Waals surface area contributed by atoms with Crippen LogP contribution in [0.2, 0.25) is 0 Å². The fourth-order valence-corrected chi connectivity index (χ4v) is 2.42. The standard InChI is InChI=1S/C17H17FN2O3/c18-14-6-2-1-4-12(14)10-19-15(21)17(7-8-17)16(22)20-11-13-5-3-9-23-13/h1-6,9H,7-8,10-11H2,(H,19,21)(H,20,22). The van der Waals surface area contributed by atoms with Crippen molar-refractivity contribution in [3.05, 3.63) is 59.8 Å². The van der Waals surface area contributed by atoms with Crippen molar-refractivity contribution < 1.29 is 18.4 Å². The van der Waals surface area contributed by atoms with E-state index in [0.29, 0.717) is 24.2 Å². The highest BCUT2D eigenvalue weighted by Gasteiger charge is 2.56. The van der Waals surface area contributed by atoms with Crippen LogP contribution < -0.4 is 10.6 Å². The van der Waals surface area contributed by atoms with Gasteiger partial charge in [0.05, 0.1) is 12.8 Å². The van der Waals surface area contributed by atoms with Gasteiger partial charge in [0.2, 0.25) is 11.8 Å². The summed E-state index contributed by atoms with van der Waals surface area (Å²) in [6.07, 6.45) is 2.52. The van der Waals surface area contributed by atoms with Gasteiger partial charge in [-0.05, 0) is 31.0 Å². The Morgan fingerprint density at radius 3 is 2.35 bits per heavy atom. The van der Waals surface area contributed by atoms with E-state index in [1.807, 2.05) is 0 Å². The number of rotatable bonds is 6. The van der Waals surface area contributed by atoms with Gasteiger partial charge in [0.1, 0.15) is 17.0 Å². The van der Waals surface area contributed by atoms with E-state index < -0.39 is 5.41 Å². The predicted octanol–water partition coefficient (Wildman–Crippen LogP) is 2.13. The molecule has 2 N–H and O–H groups in total. The molecule has 1 aliphatic rings. The number of halogens is 1. The summed E-state index contributed by atoms with van der Waals surface area (Å²) in [4.78, 5) is 24.6. The van der Waals surface area contributed by atoms with Crippen molar-refractivity contribution in [2.75, 3.05) is 0 Å². The highest BCUT2D eigenvalue weighted by Crippen LogP contribution is 2.46. The molecule has 1 saturated carbocycles. The maximum atomic E-state index is 13.5. The summed E-state index contributed by atoms with van der Waals surface area (Å²) in [5, 5.41) is 5.36. The lowest BCUT2D eigenvalue weighted by molar-refractivity contribution is -0.137. The molecule has 0 saturated heterocycles. The number of carbonyl (C=O) groups is 2. The quantitative estimate of drug-likeness (QED) is 0.802. The highest BCUT2D eigenvalue weighted by molar-refractivity contribution is 6.07. The minimum atomic E-state index is -1.03. The van der Waals surface area contributed by atoms with Crippen LogP contribution in [-0.4, -0.2) is 11.8 Å². The average molecular weight is 316 g/mol. The van der Waals surface area contributed by atoms with Gasteiger partial charge in [0, 0.05) is 12.1 Å². The molecule has 5 nitrogen and oxygen atoms in total. The van der Waals surface area contributed by atoms with Crippen LogP contribution in [0, 0.1) is 11.2 Å². The lowest BCUT2D eigenvalue weighted by Gasteiger charge is -2.15. The van der Waals surface area contributed by atoms with Crippen molar-refractivity contribution in [1.82, 2.24) is 10.6 Å². The molecule has 0 aliphatic heterocycles. The van der Waals surface area contributed by atoms with Gasteiger partial charge in [0.15, 0.2) is 0 Å². The summed E-state index contributed by atoms with van der Waals surface area (Å²) in [6.45, 7) is 0.312. The zero-order chi connectivity index (χ0) is 16.3. The molecule has 1 fully saturated rings. The molecule has 0 unspecified atom stereocenters. The minimum absolute atomic E-state index is 0.0682. The van der Waals surface area contributed by atoms with E-state index in [-0.39, 0.29) is 30.7 Å². The van der Waals surface area contributed by atoms with Crippen LogP contribution in [0.15, 0.2) is 47.1 Å². The molecule has 0 atom stereocenters. The maximum absolute atomic E-state index is 13.5. The molecule has 6 heteroatoms. The Bertz CT molecular complexity index is 708. The predicted molar refractivity (Wildman–Crippen MR) is 80.5 cm³/mol. The van der Waals surface area contributed by atoms with E-state index in [9.17, 15) is 14.0 Å². The number of hydrogen-bond acceptors (Lipinski definition) is 3. The molecule has 2 amide bonds. The Labute approximate surface area is 132 Å². The zero-order valence-electron chi connectivity index (χ0n) is 12.5. The number of nitrogens with one attached hydrogen (secondary N) is 2. The summed E-state index contributed by atoms with van der Waals surface area (Å²) >= 11 is 0. The first-order valence-electron chi connectivity index (χ1n) is 7.44. The van der Waals surface area contributed by atoms with Crippen molar-refractivity contribution in [2.45, 2.75) is 25.9 Å². The third-order valence-corrected chi connectivity index (χ3v) is 4.02. The van der Waals surface area contributed by atoms with E-state index in [2.05, 4.69) is 10.6 Å². The molecule has 1 aromatic carbocycles. The van der Waals surface area contributed by atoms with Crippen LogP contribution in [-0.2, 0) is 22.7 Å². The number of furan rings is 1. The fourth-order valence-electron chi connectivity index (χ4n) is 2.42. The van der Waals surface area contributed by atoms with Crippen LogP contribution in [0.1, 0.15) is 24.2 Å². The van der Waals surface area contributed by atoms with Crippen LogP contribution >= 0.6 is 0 Å². The summed E-state index contributed by atoms with van der Waals surface area (Å²) in [6, 6.07) is 9.71. The minimum Gasteiger partial charge on any atom is -0.467 e. The van der Waals surface area contributed by atoms with E-state index in [1.165, 1.54) is 12.3 Å². The average Bonchev–Trinajstić information content (AvgIpc) is 3.21. The summed E-state index contributed by atoms with van der Waals surface area (Å²) in [5.74, 6) is -0.432. The van der Waals surface area contributed by atoms with Crippen LogP contribution in [0.4, 0.5) is 4.39 Å². The smallest absolute Gasteiger partial charge is 0.236 e. The van der Waals surface area contributed by atoms with Gasteiger partial charge in [-0.2, -0.15) is 0 Å². The van der Waals surface area contributed by atoms with Crippen molar-refractivity contribution in [3.63, 3.8) is 0 Å². The van der Waals surface area contributed by atoms with Crippen LogP contribution in [0.5, 0.6) is 0 Å².